The Morgan fingerprint density at radius 1 is 1.19 bits per heavy atom. The Labute approximate surface area is 163 Å². The molecule has 0 spiro atoms. The fraction of sp³-hybridized carbons (Fsp3) is 0.263. The highest BCUT2D eigenvalue weighted by atomic mass is 35.5. The number of nitrogens with zero attached hydrogens (tertiary/aromatic N) is 2. The minimum atomic E-state index is -0.0922. The fourth-order valence-corrected chi connectivity index (χ4v) is 5.74. The van der Waals surface area contributed by atoms with Gasteiger partial charge in [0.05, 0.1) is 20.4 Å². The van der Waals surface area contributed by atoms with Crippen molar-refractivity contribution in [1.82, 2.24) is 9.55 Å². The fourth-order valence-electron chi connectivity index (χ4n) is 3.79. The zero-order chi connectivity index (χ0) is 17.7. The molecule has 1 fully saturated rings. The summed E-state index contributed by atoms with van der Waals surface area (Å²) in [6, 6.07) is 10.1. The Morgan fingerprint density at radius 2 is 2.04 bits per heavy atom. The highest BCUT2D eigenvalue weighted by molar-refractivity contribution is 7.22. The maximum Gasteiger partial charge on any atom is 0.274 e. The molecule has 0 bridgehead atoms. The Balaban J connectivity index is 1.51. The number of anilines is 1. The Bertz CT molecular complexity index is 1120. The van der Waals surface area contributed by atoms with Crippen LogP contribution in [0.4, 0.5) is 5.13 Å². The molecule has 1 aliphatic rings. The van der Waals surface area contributed by atoms with Crippen LogP contribution in [0.25, 0.3) is 20.4 Å². The van der Waals surface area contributed by atoms with E-state index in [4.69, 9.17) is 11.6 Å². The van der Waals surface area contributed by atoms with E-state index >= 15 is 0 Å². The van der Waals surface area contributed by atoms with E-state index in [0.29, 0.717) is 16.2 Å². The summed E-state index contributed by atoms with van der Waals surface area (Å²) in [4.78, 5) is 17.5. The maximum atomic E-state index is 13.0. The van der Waals surface area contributed by atoms with Crippen LogP contribution in [0.2, 0.25) is 5.02 Å². The lowest BCUT2D eigenvalue weighted by Crippen LogP contribution is -2.19. The molecule has 0 saturated heterocycles. The second kappa shape index (κ2) is 6.37. The smallest absolute Gasteiger partial charge is 0.274 e. The zero-order valence-corrected chi connectivity index (χ0v) is 16.3. The number of aromatic nitrogens is 2. The number of benzene rings is 1. The number of carbonyl (C=O) groups is 1. The van der Waals surface area contributed by atoms with Crippen LogP contribution >= 0.6 is 34.3 Å². The van der Waals surface area contributed by atoms with E-state index in [9.17, 15) is 4.79 Å². The summed E-state index contributed by atoms with van der Waals surface area (Å²) in [6.07, 6.45) is 4.74. The van der Waals surface area contributed by atoms with Crippen LogP contribution < -0.4 is 5.32 Å². The Morgan fingerprint density at radius 3 is 2.88 bits per heavy atom. The Hall–Kier alpha value is -1.89. The highest BCUT2D eigenvalue weighted by Gasteiger charge is 2.25. The van der Waals surface area contributed by atoms with Gasteiger partial charge in [-0.1, -0.05) is 35.8 Å². The number of rotatable bonds is 3. The van der Waals surface area contributed by atoms with Crippen LogP contribution in [0.15, 0.2) is 35.7 Å². The predicted octanol–water partition coefficient (Wildman–Crippen LogP) is 6.33. The average Bonchev–Trinajstić information content (AvgIpc) is 3.37. The number of thiophene rings is 1. The first-order valence-electron chi connectivity index (χ1n) is 8.65. The lowest BCUT2D eigenvalue weighted by atomic mass is 10.2. The van der Waals surface area contributed by atoms with E-state index in [1.54, 1.807) is 11.3 Å². The third-order valence-electron chi connectivity index (χ3n) is 4.95. The second-order valence-electron chi connectivity index (χ2n) is 6.59. The van der Waals surface area contributed by atoms with Crippen molar-refractivity contribution >= 4 is 65.7 Å². The number of fused-ring (bicyclic) bond motifs is 2. The van der Waals surface area contributed by atoms with E-state index in [1.165, 1.54) is 29.7 Å². The van der Waals surface area contributed by atoms with Gasteiger partial charge in [-0.25, -0.2) is 4.98 Å². The minimum absolute atomic E-state index is 0.0922. The molecule has 1 aromatic carbocycles. The van der Waals surface area contributed by atoms with Crippen molar-refractivity contribution in [2.45, 2.75) is 31.7 Å². The summed E-state index contributed by atoms with van der Waals surface area (Å²) in [6.45, 7) is 0. The zero-order valence-electron chi connectivity index (χ0n) is 13.9. The van der Waals surface area contributed by atoms with Crippen molar-refractivity contribution in [3.8, 4) is 0 Å². The Kier molecular flexibility index (Phi) is 3.99. The average molecular weight is 402 g/mol. The van der Waals surface area contributed by atoms with Gasteiger partial charge in [0.15, 0.2) is 5.13 Å². The van der Waals surface area contributed by atoms with Crippen LogP contribution in [-0.2, 0) is 0 Å². The van der Waals surface area contributed by atoms with Crippen molar-refractivity contribution < 1.29 is 4.79 Å². The van der Waals surface area contributed by atoms with Crippen LogP contribution in [0, 0.1) is 0 Å². The third kappa shape index (κ3) is 2.73. The molecule has 0 radical (unpaired) electrons. The van der Waals surface area contributed by atoms with Crippen molar-refractivity contribution in [2.24, 2.45) is 0 Å². The summed E-state index contributed by atoms with van der Waals surface area (Å²) in [5, 5.41) is 6.36. The van der Waals surface area contributed by atoms with Crippen molar-refractivity contribution in [3.63, 3.8) is 0 Å². The lowest BCUT2D eigenvalue weighted by Gasteiger charge is -2.16. The molecule has 0 aliphatic heterocycles. The maximum absolute atomic E-state index is 13.0. The molecule has 3 heterocycles. The van der Waals surface area contributed by atoms with Gasteiger partial charge in [0, 0.05) is 11.1 Å². The number of nitrogens with one attached hydrogen (secondary N) is 1. The monoisotopic (exact) mass is 401 g/mol. The van der Waals surface area contributed by atoms with Crippen LogP contribution in [0.5, 0.6) is 0 Å². The second-order valence-corrected chi connectivity index (χ2v) is 9.01. The van der Waals surface area contributed by atoms with E-state index in [0.717, 1.165) is 33.5 Å². The molecule has 1 aliphatic carbocycles. The van der Waals surface area contributed by atoms with Gasteiger partial charge in [0.2, 0.25) is 0 Å². The molecule has 1 amide bonds. The van der Waals surface area contributed by atoms with Gasteiger partial charge in [-0.15, -0.1) is 11.3 Å². The molecule has 1 saturated carbocycles. The summed E-state index contributed by atoms with van der Waals surface area (Å²) in [5.74, 6) is -0.0922. The molecular formula is C19H16ClN3OS2. The molecule has 26 heavy (non-hydrogen) atoms. The number of amides is 1. The molecular weight excluding hydrogens is 386 g/mol. The molecule has 4 aromatic rings. The largest absolute Gasteiger partial charge is 0.333 e. The van der Waals surface area contributed by atoms with Gasteiger partial charge in [-0.05, 0) is 48.6 Å². The van der Waals surface area contributed by atoms with Crippen LogP contribution in [0.1, 0.15) is 42.2 Å². The van der Waals surface area contributed by atoms with Crippen molar-refractivity contribution in [2.75, 3.05) is 5.32 Å². The van der Waals surface area contributed by atoms with Gasteiger partial charge in [0.1, 0.15) is 5.69 Å². The van der Waals surface area contributed by atoms with Gasteiger partial charge >= 0.3 is 0 Å². The first kappa shape index (κ1) is 16.3. The summed E-state index contributed by atoms with van der Waals surface area (Å²) in [5.41, 5.74) is 2.75. The summed E-state index contributed by atoms with van der Waals surface area (Å²) in [7, 11) is 0. The third-order valence-corrected chi connectivity index (χ3v) is 6.98. The highest BCUT2D eigenvalue weighted by Crippen LogP contribution is 2.37. The molecule has 132 valence electrons. The molecule has 7 heteroatoms. The van der Waals surface area contributed by atoms with E-state index < -0.39 is 0 Å². The standard InChI is InChI=1S/C19H16ClN3OS2/c20-11-5-6-13-16(9-11)26-19(21-13)22-18(24)15-10-17-14(7-8-25-17)23(15)12-3-1-2-4-12/h5-10,12H,1-4H2,(H,21,22,24). The van der Waals surface area contributed by atoms with E-state index in [2.05, 4.69) is 26.3 Å². The number of thiazole rings is 1. The molecule has 4 nitrogen and oxygen atoms in total. The molecule has 0 atom stereocenters. The first-order valence-corrected chi connectivity index (χ1v) is 10.7. The quantitative estimate of drug-likeness (QED) is 0.435. The molecule has 5 rings (SSSR count). The van der Waals surface area contributed by atoms with Gasteiger partial charge in [-0.3, -0.25) is 10.1 Å². The topological polar surface area (TPSA) is 46.9 Å². The molecule has 0 unspecified atom stereocenters. The number of hydrogen-bond acceptors (Lipinski definition) is 4. The van der Waals surface area contributed by atoms with E-state index in [-0.39, 0.29) is 5.91 Å². The van der Waals surface area contributed by atoms with Crippen LogP contribution in [0.3, 0.4) is 0 Å². The van der Waals surface area contributed by atoms with Gasteiger partial charge < -0.3 is 4.57 Å². The normalized spacial score (nSPS) is 15.3. The van der Waals surface area contributed by atoms with Gasteiger partial charge in [-0.2, -0.15) is 0 Å². The summed E-state index contributed by atoms with van der Waals surface area (Å²) < 4.78 is 4.37. The minimum Gasteiger partial charge on any atom is -0.333 e. The number of hydrogen-bond donors (Lipinski definition) is 1. The summed E-state index contributed by atoms with van der Waals surface area (Å²) >= 11 is 9.17. The van der Waals surface area contributed by atoms with Gasteiger partial charge in [0.25, 0.3) is 5.91 Å². The SMILES string of the molecule is O=C(Nc1nc2ccc(Cl)cc2s1)c1cc2sccc2n1C1CCCC1. The first-order chi connectivity index (χ1) is 12.7. The number of halogens is 1. The van der Waals surface area contributed by atoms with Crippen molar-refractivity contribution in [3.05, 3.63) is 46.4 Å². The lowest BCUT2D eigenvalue weighted by molar-refractivity contribution is 0.101. The molecule has 3 aromatic heterocycles. The van der Waals surface area contributed by atoms with Crippen molar-refractivity contribution in [1.29, 1.82) is 0 Å². The predicted molar refractivity (Wildman–Crippen MR) is 110 cm³/mol. The molecule has 1 N–H and O–H groups in total. The van der Waals surface area contributed by atoms with Crippen LogP contribution in [-0.4, -0.2) is 15.5 Å². The number of carbonyl (C=O) groups excluding carboxylic acids is 1. The van der Waals surface area contributed by atoms with E-state index in [1.807, 2.05) is 24.3 Å².